The van der Waals surface area contributed by atoms with Gasteiger partial charge in [-0.2, -0.15) is 0 Å². The van der Waals surface area contributed by atoms with Gasteiger partial charge in [-0.25, -0.2) is 0 Å². The Labute approximate surface area is 110 Å². The summed E-state index contributed by atoms with van der Waals surface area (Å²) in [7, 11) is 1.96. The summed E-state index contributed by atoms with van der Waals surface area (Å²) in [6.07, 6.45) is 2.03. The molecule has 0 N–H and O–H groups in total. The second-order valence-corrected chi connectivity index (χ2v) is 4.57. The minimum absolute atomic E-state index is 0.213. The highest BCUT2D eigenvalue weighted by atomic mass is 16.2. The van der Waals surface area contributed by atoms with E-state index in [2.05, 4.69) is 13.8 Å². The quantitative estimate of drug-likeness (QED) is 0.741. The average Bonchev–Trinajstić information content (AvgIpc) is 2.39. The molecule has 3 heteroatoms. The molecule has 1 amide bonds. The van der Waals surface area contributed by atoms with Crippen molar-refractivity contribution in [3.05, 3.63) is 30.3 Å². The Bertz CT molecular complexity index is 345. The molecule has 0 unspecified atom stereocenters. The van der Waals surface area contributed by atoms with Crippen LogP contribution >= 0.6 is 0 Å². The molecular weight excluding hydrogens is 224 g/mol. The number of likely N-dealkylation sites (N-methyl/N-ethyl adjacent to an activating group) is 1. The zero-order valence-corrected chi connectivity index (χ0v) is 11.7. The summed E-state index contributed by atoms with van der Waals surface area (Å²) >= 11 is 0. The van der Waals surface area contributed by atoms with Gasteiger partial charge in [-0.1, -0.05) is 32.0 Å². The molecule has 0 fully saturated rings. The molecule has 0 spiro atoms. The molecule has 0 bridgehead atoms. The molecule has 0 saturated carbocycles. The van der Waals surface area contributed by atoms with Crippen molar-refractivity contribution in [1.29, 1.82) is 0 Å². The first kappa shape index (κ1) is 14.6. The number of anilines is 1. The molecule has 0 atom stereocenters. The van der Waals surface area contributed by atoms with Crippen LogP contribution < -0.4 is 4.90 Å². The molecule has 1 aromatic rings. The SMILES string of the molecule is CCCN(CCC)C(=O)CN(C)c1ccccc1. The minimum atomic E-state index is 0.213. The third-order valence-corrected chi connectivity index (χ3v) is 2.91. The maximum atomic E-state index is 12.2. The van der Waals surface area contributed by atoms with Crippen LogP contribution in [0.1, 0.15) is 26.7 Å². The van der Waals surface area contributed by atoms with E-state index in [9.17, 15) is 4.79 Å². The molecule has 1 aromatic carbocycles. The lowest BCUT2D eigenvalue weighted by Gasteiger charge is -2.25. The van der Waals surface area contributed by atoms with Crippen molar-refractivity contribution in [2.24, 2.45) is 0 Å². The van der Waals surface area contributed by atoms with E-state index >= 15 is 0 Å². The molecule has 0 heterocycles. The van der Waals surface area contributed by atoms with Crippen molar-refractivity contribution in [2.45, 2.75) is 26.7 Å². The Morgan fingerprint density at radius 3 is 2.11 bits per heavy atom. The maximum absolute atomic E-state index is 12.2. The summed E-state index contributed by atoms with van der Waals surface area (Å²) in [5, 5.41) is 0. The lowest BCUT2D eigenvalue weighted by Crippen LogP contribution is -2.39. The van der Waals surface area contributed by atoms with Gasteiger partial charge in [-0.05, 0) is 25.0 Å². The summed E-state index contributed by atoms with van der Waals surface area (Å²) in [4.78, 5) is 16.1. The molecule has 0 aromatic heterocycles. The summed E-state index contributed by atoms with van der Waals surface area (Å²) in [6, 6.07) is 10.0. The number of para-hydroxylation sites is 1. The zero-order chi connectivity index (χ0) is 13.4. The van der Waals surface area contributed by atoms with Gasteiger partial charge in [0.2, 0.25) is 5.91 Å². The highest BCUT2D eigenvalue weighted by molar-refractivity contribution is 5.81. The Balaban J connectivity index is 2.57. The lowest BCUT2D eigenvalue weighted by molar-refractivity contribution is -0.129. The van der Waals surface area contributed by atoms with Crippen LogP contribution in [0.4, 0.5) is 5.69 Å². The fraction of sp³-hybridized carbons (Fsp3) is 0.533. The van der Waals surface area contributed by atoms with Crippen LogP contribution in [-0.4, -0.2) is 37.5 Å². The average molecular weight is 248 g/mol. The van der Waals surface area contributed by atoms with Crippen molar-refractivity contribution in [3.8, 4) is 0 Å². The Morgan fingerprint density at radius 1 is 1.06 bits per heavy atom. The number of benzene rings is 1. The number of amides is 1. The van der Waals surface area contributed by atoms with E-state index < -0.39 is 0 Å². The molecule has 100 valence electrons. The molecule has 18 heavy (non-hydrogen) atoms. The van der Waals surface area contributed by atoms with Gasteiger partial charge in [-0.15, -0.1) is 0 Å². The Morgan fingerprint density at radius 2 is 1.61 bits per heavy atom. The van der Waals surface area contributed by atoms with Gasteiger partial charge in [0.25, 0.3) is 0 Å². The summed E-state index contributed by atoms with van der Waals surface area (Å²) in [5.74, 6) is 0.213. The maximum Gasteiger partial charge on any atom is 0.242 e. The van der Waals surface area contributed by atoms with Crippen LogP contribution in [-0.2, 0) is 4.79 Å². The first-order valence-corrected chi connectivity index (χ1v) is 6.73. The summed E-state index contributed by atoms with van der Waals surface area (Å²) in [5.41, 5.74) is 1.08. The largest absolute Gasteiger partial charge is 0.365 e. The van der Waals surface area contributed by atoms with Crippen molar-refractivity contribution in [3.63, 3.8) is 0 Å². The summed E-state index contributed by atoms with van der Waals surface area (Å²) in [6.45, 7) is 6.38. The van der Waals surface area contributed by atoms with Crippen LogP contribution in [0.25, 0.3) is 0 Å². The summed E-state index contributed by atoms with van der Waals surface area (Å²) < 4.78 is 0. The van der Waals surface area contributed by atoms with Crippen LogP contribution in [0.3, 0.4) is 0 Å². The van der Waals surface area contributed by atoms with Crippen LogP contribution in [0, 0.1) is 0 Å². The van der Waals surface area contributed by atoms with E-state index in [1.807, 2.05) is 47.2 Å². The number of rotatable bonds is 7. The molecule has 0 saturated heterocycles. The molecule has 0 aliphatic rings. The smallest absolute Gasteiger partial charge is 0.242 e. The van der Waals surface area contributed by atoms with E-state index in [4.69, 9.17) is 0 Å². The number of hydrogen-bond donors (Lipinski definition) is 0. The van der Waals surface area contributed by atoms with E-state index in [0.717, 1.165) is 31.6 Å². The minimum Gasteiger partial charge on any atom is -0.365 e. The van der Waals surface area contributed by atoms with E-state index in [0.29, 0.717) is 6.54 Å². The monoisotopic (exact) mass is 248 g/mol. The lowest BCUT2D eigenvalue weighted by atomic mass is 10.3. The third kappa shape index (κ3) is 4.40. The second kappa shape index (κ2) is 7.75. The fourth-order valence-corrected chi connectivity index (χ4v) is 1.98. The van der Waals surface area contributed by atoms with Crippen LogP contribution in [0.2, 0.25) is 0 Å². The van der Waals surface area contributed by atoms with Crippen molar-refractivity contribution >= 4 is 11.6 Å². The van der Waals surface area contributed by atoms with Crippen LogP contribution in [0.5, 0.6) is 0 Å². The first-order valence-electron chi connectivity index (χ1n) is 6.73. The normalized spacial score (nSPS) is 10.2. The predicted octanol–water partition coefficient (Wildman–Crippen LogP) is 2.77. The van der Waals surface area contributed by atoms with Gasteiger partial charge < -0.3 is 9.80 Å². The molecule has 0 radical (unpaired) electrons. The first-order chi connectivity index (χ1) is 8.69. The third-order valence-electron chi connectivity index (χ3n) is 2.91. The number of carbonyl (C=O) groups excluding carboxylic acids is 1. The number of hydrogen-bond acceptors (Lipinski definition) is 2. The topological polar surface area (TPSA) is 23.6 Å². The molecule has 3 nitrogen and oxygen atoms in total. The molecular formula is C15H24N2O. The Kier molecular flexibility index (Phi) is 6.26. The van der Waals surface area contributed by atoms with Gasteiger partial charge in [0.05, 0.1) is 6.54 Å². The van der Waals surface area contributed by atoms with Crippen molar-refractivity contribution in [2.75, 3.05) is 31.6 Å². The van der Waals surface area contributed by atoms with Crippen LogP contribution in [0.15, 0.2) is 30.3 Å². The van der Waals surface area contributed by atoms with Gasteiger partial charge in [-0.3, -0.25) is 4.79 Å². The van der Waals surface area contributed by atoms with Gasteiger partial charge >= 0.3 is 0 Å². The second-order valence-electron chi connectivity index (χ2n) is 4.57. The standard InChI is InChI=1S/C15H24N2O/c1-4-11-17(12-5-2)15(18)13-16(3)14-9-7-6-8-10-14/h6-10H,4-5,11-13H2,1-3H3. The molecule has 0 aliphatic carbocycles. The Hall–Kier alpha value is -1.51. The van der Waals surface area contributed by atoms with E-state index in [1.54, 1.807) is 0 Å². The van der Waals surface area contributed by atoms with Gasteiger partial charge in [0.1, 0.15) is 0 Å². The molecule has 1 rings (SSSR count). The fourth-order valence-electron chi connectivity index (χ4n) is 1.98. The van der Waals surface area contributed by atoms with E-state index in [-0.39, 0.29) is 5.91 Å². The number of carbonyl (C=O) groups is 1. The number of nitrogens with zero attached hydrogens (tertiary/aromatic N) is 2. The zero-order valence-electron chi connectivity index (χ0n) is 11.7. The highest BCUT2D eigenvalue weighted by Gasteiger charge is 2.14. The van der Waals surface area contributed by atoms with Crippen molar-refractivity contribution in [1.82, 2.24) is 4.90 Å². The van der Waals surface area contributed by atoms with Crippen molar-refractivity contribution < 1.29 is 4.79 Å². The van der Waals surface area contributed by atoms with Gasteiger partial charge in [0.15, 0.2) is 0 Å². The van der Waals surface area contributed by atoms with E-state index in [1.165, 1.54) is 0 Å². The van der Waals surface area contributed by atoms with Gasteiger partial charge in [0, 0.05) is 25.8 Å². The molecule has 0 aliphatic heterocycles. The predicted molar refractivity (Wildman–Crippen MR) is 76.9 cm³/mol. The highest BCUT2D eigenvalue weighted by Crippen LogP contribution is 2.11.